The van der Waals surface area contributed by atoms with E-state index in [9.17, 15) is 0 Å². The van der Waals surface area contributed by atoms with Gasteiger partial charge in [0.05, 0.1) is 22.4 Å². The van der Waals surface area contributed by atoms with Gasteiger partial charge in [-0.05, 0) is 114 Å². The predicted octanol–water partition coefficient (Wildman–Crippen LogP) is 14.5. The van der Waals surface area contributed by atoms with E-state index in [1.54, 1.807) is 0 Å². The number of pyridine rings is 1. The SMILES string of the molecule is CC(C)(C)c1cc(N2CN(c3cccc(Oc4cc5c(cc4[Si](c4ccccc4)(c4ccccc4)c4ccccc4)c4ccccc4n5-c4cc(C(C)(C)C)ccn4)c3)c3ccccc32)cc(C(C)(C)C)c1. The molecule has 6 heteroatoms. The summed E-state index contributed by atoms with van der Waals surface area (Å²) in [5.41, 5.74) is 10.6. The van der Waals surface area contributed by atoms with Gasteiger partial charge >= 0.3 is 0 Å². The molecule has 1 aliphatic rings. The average Bonchev–Trinajstić information content (AvgIpc) is 3.93. The molecule has 3 heterocycles. The maximum absolute atomic E-state index is 7.62. The van der Waals surface area contributed by atoms with Crippen molar-refractivity contribution in [1.82, 2.24) is 9.55 Å². The Bertz CT molecular complexity index is 3470. The van der Waals surface area contributed by atoms with Gasteiger partial charge in [-0.25, -0.2) is 4.98 Å². The molecule has 0 spiro atoms. The number of para-hydroxylation sites is 3. The van der Waals surface area contributed by atoms with E-state index in [4.69, 9.17) is 9.72 Å². The molecular weight excluding hydrogens is 893 g/mol. The van der Waals surface area contributed by atoms with Gasteiger partial charge in [0.15, 0.2) is 8.07 Å². The maximum atomic E-state index is 7.62. The maximum Gasteiger partial charge on any atom is 0.184 e. The van der Waals surface area contributed by atoms with Gasteiger partial charge in [-0.15, -0.1) is 0 Å². The Kier molecular flexibility index (Phi) is 11.6. The summed E-state index contributed by atoms with van der Waals surface area (Å²) in [5.74, 6) is 2.46. The molecule has 1 aliphatic heterocycles. The molecule has 0 amide bonds. The van der Waals surface area contributed by atoms with Crippen molar-refractivity contribution < 1.29 is 4.74 Å². The summed E-state index contributed by atoms with van der Waals surface area (Å²) >= 11 is 0. The van der Waals surface area contributed by atoms with Crippen molar-refractivity contribution in [3.05, 3.63) is 229 Å². The number of anilines is 4. The minimum Gasteiger partial charge on any atom is -0.457 e. The highest BCUT2D eigenvalue weighted by molar-refractivity contribution is 7.20. The third-order valence-electron chi connectivity index (χ3n) is 14.7. The van der Waals surface area contributed by atoms with Gasteiger partial charge in [-0.2, -0.15) is 0 Å². The molecule has 0 aliphatic carbocycles. The Morgan fingerprint density at radius 2 is 0.958 bits per heavy atom. The number of benzene rings is 8. The number of aromatic nitrogens is 2. The van der Waals surface area contributed by atoms with E-state index >= 15 is 0 Å². The topological polar surface area (TPSA) is 33.5 Å². The van der Waals surface area contributed by atoms with Gasteiger partial charge in [0.2, 0.25) is 0 Å². The van der Waals surface area contributed by atoms with Crippen LogP contribution in [0, 0.1) is 0 Å². The first kappa shape index (κ1) is 46.7. The summed E-state index contributed by atoms with van der Waals surface area (Å²) in [6.07, 6.45) is 1.95. The summed E-state index contributed by atoms with van der Waals surface area (Å²) in [5, 5.41) is 7.34. The molecule has 0 unspecified atom stereocenters. The van der Waals surface area contributed by atoms with Crippen LogP contribution >= 0.6 is 0 Å². The van der Waals surface area contributed by atoms with Crippen LogP contribution in [0.25, 0.3) is 27.6 Å². The van der Waals surface area contributed by atoms with Gasteiger partial charge in [-0.1, -0.05) is 196 Å². The zero-order valence-corrected chi connectivity index (χ0v) is 44.1. The van der Waals surface area contributed by atoms with E-state index in [0.29, 0.717) is 6.67 Å². The van der Waals surface area contributed by atoms with E-state index in [0.717, 1.165) is 45.1 Å². The second-order valence-corrected chi connectivity index (χ2v) is 26.3. The second kappa shape index (κ2) is 17.9. The van der Waals surface area contributed by atoms with E-state index in [-0.39, 0.29) is 16.2 Å². The van der Waals surface area contributed by atoms with Crippen LogP contribution in [0.4, 0.5) is 22.7 Å². The molecule has 5 nitrogen and oxygen atoms in total. The van der Waals surface area contributed by atoms with Gasteiger partial charge in [-0.3, -0.25) is 4.57 Å². The number of hydrogen-bond acceptors (Lipinski definition) is 4. The van der Waals surface area contributed by atoms with Gasteiger partial charge < -0.3 is 14.5 Å². The summed E-state index contributed by atoms with van der Waals surface area (Å²) < 4.78 is 9.95. The summed E-state index contributed by atoms with van der Waals surface area (Å²) in [6, 6.07) is 76.0. The van der Waals surface area contributed by atoms with Crippen molar-refractivity contribution in [3.8, 4) is 17.3 Å². The van der Waals surface area contributed by atoms with Crippen LogP contribution in [-0.4, -0.2) is 24.3 Å². The molecule has 0 fully saturated rings. The fourth-order valence-corrected chi connectivity index (χ4v) is 15.7. The first-order valence-corrected chi connectivity index (χ1v) is 27.4. The average molecular weight is 957 g/mol. The van der Waals surface area contributed by atoms with Gasteiger partial charge in [0.25, 0.3) is 0 Å². The summed E-state index contributed by atoms with van der Waals surface area (Å²) in [6.45, 7) is 21.3. The van der Waals surface area contributed by atoms with Crippen LogP contribution in [0.3, 0.4) is 0 Å². The Morgan fingerprint density at radius 1 is 0.431 bits per heavy atom. The number of ether oxygens (including phenoxy) is 1. The van der Waals surface area contributed by atoms with E-state index in [2.05, 4.69) is 283 Å². The van der Waals surface area contributed by atoms with Crippen LogP contribution in [0.2, 0.25) is 0 Å². The van der Waals surface area contributed by atoms with Crippen LogP contribution in [-0.2, 0) is 16.2 Å². The lowest BCUT2D eigenvalue weighted by Crippen LogP contribution is -2.74. The molecule has 0 atom stereocenters. The highest BCUT2D eigenvalue weighted by Crippen LogP contribution is 2.47. The normalized spacial score (nSPS) is 13.2. The standard InChI is InChI=1S/C66H64N4OSi/c1-64(2,3)46-36-37-67-63(41-46)70-57-33-20-19-32-55(57)56-43-62(72(52-26-13-10-14-27-52,53-28-15-11-16-29-53)54-30-17-12-18-31-54)61(44-60(56)70)71-51-25-23-24-49(42-51)68-45-69(59-35-22-21-34-58(59)68)50-39-47(65(4,5)6)38-48(40-50)66(7,8)9/h10-44H,45H2,1-9H3. The third-order valence-corrected chi connectivity index (χ3v) is 19.5. The summed E-state index contributed by atoms with van der Waals surface area (Å²) in [7, 11) is -3.14. The fraction of sp³-hybridized carbons (Fsp3) is 0.197. The minimum atomic E-state index is -3.14. The van der Waals surface area contributed by atoms with Crippen molar-refractivity contribution >= 4 is 73.4 Å². The molecule has 0 saturated heterocycles. The van der Waals surface area contributed by atoms with Gasteiger partial charge in [0.1, 0.15) is 24.0 Å². The molecule has 0 radical (unpaired) electrons. The molecule has 2 aromatic heterocycles. The van der Waals surface area contributed by atoms with E-state index < -0.39 is 8.07 Å². The molecule has 8 aromatic carbocycles. The largest absolute Gasteiger partial charge is 0.457 e. The van der Waals surface area contributed by atoms with Crippen molar-refractivity contribution in [1.29, 1.82) is 0 Å². The number of fused-ring (bicyclic) bond motifs is 4. The lowest BCUT2D eigenvalue weighted by atomic mass is 9.80. The zero-order chi connectivity index (χ0) is 50.0. The third kappa shape index (κ3) is 8.27. The van der Waals surface area contributed by atoms with Crippen LogP contribution in [0.15, 0.2) is 212 Å². The smallest absolute Gasteiger partial charge is 0.184 e. The van der Waals surface area contributed by atoms with Crippen LogP contribution < -0.4 is 35.3 Å². The van der Waals surface area contributed by atoms with Crippen LogP contribution in [0.1, 0.15) is 79.0 Å². The van der Waals surface area contributed by atoms with Crippen molar-refractivity contribution in [2.24, 2.45) is 0 Å². The minimum absolute atomic E-state index is 0.00814. The Labute approximate surface area is 427 Å². The first-order chi connectivity index (χ1) is 34.6. The van der Waals surface area contributed by atoms with Crippen molar-refractivity contribution in [2.45, 2.75) is 78.6 Å². The van der Waals surface area contributed by atoms with E-state index in [1.165, 1.54) is 54.2 Å². The Morgan fingerprint density at radius 3 is 1.53 bits per heavy atom. The van der Waals surface area contributed by atoms with Gasteiger partial charge in [0, 0.05) is 40.5 Å². The molecule has 0 N–H and O–H groups in total. The number of nitrogens with zero attached hydrogens (tertiary/aromatic N) is 4. The lowest BCUT2D eigenvalue weighted by Gasteiger charge is -2.35. The molecule has 0 saturated carbocycles. The monoisotopic (exact) mass is 956 g/mol. The molecule has 0 bridgehead atoms. The van der Waals surface area contributed by atoms with E-state index in [1.807, 2.05) is 6.20 Å². The number of hydrogen-bond donors (Lipinski definition) is 0. The molecule has 11 rings (SSSR count). The Hall–Kier alpha value is -7.67. The van der Waals surface area contributed by atoms with Crippen LogP contribution in [0.5, 0.6) is 11.5 Å². The Balaban J connectivity index is 1.13. The highest BCUT2D eigenvalue weighted by Gasteiger charge is 2.44. The van der Waals surface area contributed by atoms with Crippen molar-refractivity contribution in [2.75, 3.05) is 16.5 Å². The molecule has 72 heavy (non-hydrogen) atoms. The molecule has 358 valence electrons. The molecule has 10 aromatic rings. The predicted molar refractivity (Wildman–Crippen MR) is 307 cm³/mol. The lowest BCUT2D eigenvalue weighted by molar-refractivity contribution is 0.487. The second-order valence-electron chi connectivity index (χ2n) is 22.6. The quantitative estimate of drug-likeness (QED) is 0.107. The number of rotatable bonds is 9. The van der Waals surface area contributed by atoms with Crippen molar-refractivity contribution in [3.63, 3.8) is 0 Å². The first-order valence-electron chi connectivity index (χ1n) is 25.4. The fourth-order valence-electron chi connectivity index (χ4n) is 10.8. The summed E-state index contributed by atoms with van der Waals surface area (Å²) in [4.78, 5) is 9.98. The highest BCUT2D eigenvalue weighted by atomic mass is 28.3. The zero-order valence-electron chi connectivity index (χ0n) is 43.1. The molecular formula is C66H64N4OSi.